The Balaban J connectivity index is 2.85. The van der Waals surface area contributed by atoms with Crippen LogP contribution in [-0.2, 0) is 20.7 Å². The fourth-order valence-electron chi connectivity index (χ4n) is 2.41. The first-order chi connectivity index (χ1) is 13.7. The number of halogens is 1. The number of rotatable bonds is 11. The zero-order valence-corrected chi connectivity index (χ0v) is 18.2. The topological polar surface area (TPSA) is 73.9 Å². The minimum Gasteiger partial charge on any atom is -0.491 e. The number of alkyl carbamates (subject to hydrolysis) is 1. The van der Waals surface area contributed by atoms with E-state index >= 15 is 0 Å². The highest BCUT2D eigenvalue weighted by Gasteiger charge is 2.26. The Labute approximate surface area is 173 Å². The van der Waals surface area contributed by atoms with Gasteiger partial charge in [-0.2, -0.15) is 0 Å². The summed E-state index contributed by atoms with van der Waals surface area (Å²) in [6.07, 6.45) is 2.75. The summed E-state index contributed by atoms with van der Waals surface area (Å²) in [5.74, 6) is -0.911. The Morgan fingerprint density at radius 2 is 1.76 bits per heavy atom. The summed E-state index contributed by atoms with van der Waals surface area (Å²) >= 11 is 0. The van der Waals surface area contributed by atoms with Crippen LogP contribution < -0.4 is 10.1 Å². The molecule has 0 saturated heterocycles. The Bertz CT molecular complexity index is 657. The number of carbonyl (C=O) groups excluding carboxylic acids is 2. The Morgan fingerprint density at radius 1 is 1.10 bits per heavy atom. The average molecular weight is 412 g/mol. The molecule has 0 aliphatic heterocycles. The molecule has 0 aliphatic rings. The molecular formula is C22H34FNO5. The van der Waals surface area contributed by atoms with E-state index < -0.39 is 29.5 Å². The van der Waals surface area contributed by atoms with E-state index in [2.05, 4.69) is 5.32 Å². The van der Waals surface area contributed by atoms with Crippen LogP contribution in [-0.4, -0.2) is 36.9 Å². The van der Waals surface area contributed by atoms with Crippen molar-refractivity contribution in [3.63, 3.8) is 0 Å². The summed E-state index contributed by atoms with van der Waals surface area (Å²) in [7, 11) is 0. The summed E-state index contributed by atoms with van der Waals surface area (Å²) in [5.41, 5.74) is -0.163. The van der Waals surface area contributed by atoms with Crippen molar-refractivity contribution >= 4 is 12.1 Å². The van der Waals surface area contributed by atoms with Gasteiger partial charge in [0.1, 0.15) is 11.6 Å². The number of carbonyl (C=O) groups is 2. The van der Waals surface area contributed by atoms with Gasteiger partial charge in [0.25, 0.3) is 0 Å². The number of amides is 1. The van der Waals surface area contributed by atoms with Gasteiger partial charge in [0, 0.05) is 6.42 Å². The molecule has 1 aromatic rings. The third-order valence-corrected chi connectivity index (χ3v) is 3.91. The van der Waals surface area contributed by atoms with E-state index in [0.717, 1.165) is 25.7 Å². The lowest BCUT2D eigenvalue weighted by atomic mass is 10.1. The molecule has 1 N–H and O–H groups in total. The zero-order valence-electron chi connectivity index (χ0n) is 18.2. The molecule has 0 aromatic heterocycles. The van der Waals surface area contributed by atoms with Crippen LogP contribution in [0.25, 0.3) is 0 Å². The minimum atomic E-state index is -0.979. The van der Waals surface area contributed by atoms with E-state index in [1.54, 1.807) is 26.8 Å². The monoisotopic (exact) mass is 411 g/mol. The largest absolute Gasteiger partial charge is 0.491 e. The molecule has 164 valence electrons. The summed E-state index contributed by atoms with van der Waals surface area (Å²) in [4.78, 5) is 24.6. The number of esters is 1. The quantitative estimate of drug-likeness (QED) is 0.419. The van der Waals surface area contributed by atoms with E-state index in [1.165, 1.54) is 12.1 Å². The van der Waals surface area contributed by atoms with Crippen molar-refractivity contribution in [3.05, 3.63) is 29.6 Å². The Morgan fingerprint density at radius 3 is 2.34 bits per heavy atom. The van der Waals surface area contributed by atoms with Gasteiger partial charge in [-0.15, -0.1) is 0 Å². The van der Waals surface area contributed by atoms with Crippen LogP contribution in [0.15, 0.2) is 18.2 Å². The minimum absolute atomic E-state index is 0.0797. The molecule has 1 amide bonds. The van der Waals surface area contributed by atoms with Crippen LogP contribution in [0.2, 0.25) is 0 Å². The molecule has 0 fully saturated rings. The number of benzene rings is 1. The molecule has 0 unspecified atom stereocenters. The van der Waals surface area contributed by atoms with E-state index in [9.17, 15) is 14.0 Å². The van der Waals surface area contributed by atoms with E-state index in [-0.39, 0.29) is 18.8 Å². The first-order valence-electron chi connectivity index (χ1n) is 10.2. The van der Waals surface area contributed by atoms with Gasteiger partial charge in [0.2, 0.25) is 0 Å². The lowest BCUT2D eigenvalue weighted by Gasteiger charge is -2.23. The fourth-order valence-corrected chi connectivity index (χ4v) is 2.41. The lowest BCUT2D eigenvalue weighted by molar-refractivity contribution is -0.146. The van der Waals surface area contributed by atoms with Gasteiger partial charge in [-0.3, -0.25) is 0 Å². The number of hydrogen-bond donors (Lipinski definition) is 1. The van der Waals surface area contributed by atoms with Crippen molar-refractivity contribution in [2.45, 2.75) is 78.4 Å². The summed E-state index contributed by atoms with van der Waals surface area (Å²) in [5, 5.41) is 2.54. The Hall–Kier alpha value is -2.31. The lowest BCUT2D eigenvalue weighted by Crippen LogP contribution is -2.45. The van der Waals surface area contributed by atoms with Crippen molar-refractivity contribution < 1.29 is 28.2 Å². The molecule has 1 rings (SSSR count). The summed E-state index contributed by atoms with van der Waals surface area (Å²) in [6.45, 7) is 9.91. The van der Waals surface area contributed by atoms with Gasteiger partial charge < -0.3 is 19.5 Å². The molecule has 6 nitrogen and oxygen atoms in total. The first-order valence-corrected chi connectivity index (χ1v) is 10.2. The highest BCUT2D eigenvalue weighted by molar-refractivity contribution is 5.81. The second-order valence-electron chi connectivity index (χ2n) is 7.89. The second-order valence-corrected chi connectivity index (χ2v) is 7.89. The van der Waals surface area contributed by atoms with Crippen LogP contribution in [0.1, 0.15) is 65.9 Å². The molecule has 1 aromatic carbocycles. The molecule has 0 heterocycles. The van der Waals surface area contributed by atoms with Crippen LogP contribution in [0.4, 0.5) is 9.18 Å². The SMILES string of the molecule is CCCCOC(=O)[C@H](Cc1ccc(OCCCC)c(F)c1)NC(=O)OC(C)(C)C. The number of unbranched alkanes of at least 4 members (excludes halogenated alkanes) is 2. The number of nitrogens with one attached hydrogen (secondary N) is 1. The summed E-state index contributed by atoms with van der Waals surface area (Å²) < 4.78 is 30.2. The van der Waals surface area contributed by atoms with Crippen LogP contribution in [0.3, 0.4) is 0 Å². The van der Waals surface area contributed by atoms with E-state index in [0.29, 0.717) is 12.2 Å². The molecule has 0 bridgehead atoms. The maximum absolute atomic E-state index is 14.3. The number of ether oxygens (including phenoxy) is 3. The normalized spacial score (nSPS) is 12.2. The molecule has 0 aliphatic carbocycles. The van der Waals surface area contributed by atoms with Crippen LogP contribution in [0, 0.1) is 5.82 Å². The van der Waals surface area contributed by atoms with Crippen LogP contribution >= 0.6 is 0 Å². The van der Waals surface area contributed by atoms with Gasteiger partial charge in [0.05, 0.1) is 13.2 Å². The highest BCUT2D eigenvalue weighted by Crippen LogP contribution is 2.20. The van der Waals surface area contributed by atoms with Crippen molar-refractivity contribution in [1.29, 1.82) is 0 Å². The zero-order chi connectivity index (χ0) is 21.9. The standard InChI is InChI=1S/C22H34FNO5/c1-6-8-12-27-19-11-10-16(14-17(19)23)15-18(20(25)28-13-9-7-2)24-21(26)29-22(3,4)5/h10-11,14,18H,6-9,12-13,15H2,1-5H3,(H,24,26)/t18-/m0/s1. The third kappa shape index (κ3) is 10.1. The molecule has 0 spiro atoms. The average Bonchev–Trinajstić information content (AvgIpc) is 2.61. The second kappa shape index (κ2) is 12.3. The van der Waals surface area contributed by atoms with Crippen molar-refractivity contribution in [3.8, 4) is 5.75 Å². The van der Waals surface area contributed by atoms with E-state index in [1.807, 2.05) is 13.8 Å². The van der Waals surface area contributed by atoms with Gasteiger partial charge in [-0.05, 0) is 51.3 Å². The van der Waals surface area contributed by atoms with Crippen LogP contribution in [0.5, 0.6) is 5.75 Å². The maximum atomic E-state index is 14.3. The Kier molecular flexibility index (Phi) is 10.5. The maximum Gasteiger partial charge on any atom is 0.408 e. The summed E-state index contributed by atoms with van der Waals surface area (Å²) in [6, 6.07) is 3.54. The van der Waals surface area contributed by atoms with E-state index in [4.69, 9.17) is 14.2 Å². The van der Waals surface area contributed by atoms with Gasteiger partial charge in [0.15, 0.2) is 11.6 Å². The fraction of sp³-hybridized carbons (Fsp3) is 0.636. The van der Waals surface area contributed by atoms with Gasteiger partial charge in [-0.25, -0.2) is 14.0 Å². The molecule has 7 heteroatoms. The molecular weight excluding hydrogens is 377 g/mol. The molecule has 0 radical (unpaired) electrons. The van der Waals surface area contributed by atoms with Crippen molar-refractivity contribution in [1.82, 2.24) is 5.32 Å². The molecule has 0 saturated carbocycles. The molecule has 1 atom stereocenters. The van der Waals surface area contributed by atoms with Gasteiger partial charge >= 0.3 is 12.1 Å². The predicted molar refractivity (Wildman–Crippen MR) is 110 cm³/mol. The predicted octanol–water partition coefficient (Wildman–Crippen LogP) is 4.78. The third-order valence-electron chi connectivity index (χ3n) is 3.91. The smallest absolute Gasteiger partial charge is 0.408 e. The molecule has 29 heavy (non-hydrogen) atoms. The number of hydrogen-bond acceptors (Lipinski definition) is 5. The van der Waals surface area contributed by atoms with Crippen molar-refractivity contribution in [2.75, 3.05) is 13.2 Å². The van der Waals surface area contributed by atoms with Crippen molar-refractivity contribution in [2.24, 2.45) is 0 Å². The van der Waals surface area contributed by atoms with Gasteiger partial charge in [-0.1, -0.05) is 32.8 Å². The first kappa shape index (κ1) is 24.7. The highest BCUT2D eigenvalue weighted by atomic mass is 19.1.